The molecule has 0 aliphatic rings. The molecule has 0 fully saturated rings. The topological polar surface area (TPSA) is 53.1 Å². The van der Waals surface area contributed by atoms with E-state index in [1.165, 1.54) is 0 Å². The van der Waals surface area contributed by atoms with Crippen LogP contribution >= 0.6 is 0 Å². The Morgan fingerprint density at radius 3 is 2.44 bits per heavy atom. The number of aromatic nitrogens is 2. The highest BCUT2D eigenvalue weighted by atomic mass is 16.5. The molecule has 0 radical (unpaired) electrons. The van der Waals surface area contributed by atoms with E-state index in [1.807, 2.05) is 24.7 Å². The van der Waals surface area contributed by atoms with E-state index in [-0.39, 0.29) is 11.6 Å². The van der Waals surface area contributed by atoms with E-state index in [2.05, 4.69) is 18.9 Å². The summed E-state index contributed by atoms with van der Waals surface area (Å²) in [6, 6.07) is 1.83. The van der Waals surface area contributed by atoms with Crippen molar-refractivity contribution in [3.8, 4) is 0 Å². The molecule has 1 heterocycles. The van der Waals surface area contributed by atoms with Gasteiger partial charge in [-0.1, -0.05) is 13.8 Å². The Balaban J connectivity index is 2.99. The second-order valence-corrected chi connectivity index (χ2v) is 4.06. The summed E-state index contributed by atoms with van der Waals surface area (Å²) in [5, 5.41) is 4.16. The standard InChI is InChI=1S/C12H23N3O/c1-5-12(6-2,16-7-3)11(13)10-8-9-14-15(10)4/h8-9,11H,5-7,13H2,1-4H3. The lowest BCUT2D eigenvalue weighted by Gasteiger charge is -2.37. The molecule has 0 saturated heterocycles. The van der Waals surface area contributed by atoms with Crippen molar-refractivity contribution in [2.45, 2.75) is 45.3 Å². The van der Waals surface area contributed by atoms with E-state index in [0.717, 1.165) is 18.5 Å². The van der Waals surface area contributed by atoms with E-state index in [1.54, 1.807) is 6.20 Å². The van der Waals surface area contributed by atoms with Crippen LogP contribution in [-0.4, -0.2) is 22.0 Å². The van der Waals surface area contributed by atoms with Crippen molar-refractivity contribution < 1.29 is 4.74 Å². The fraction of sp³-hybridized carbons (Fsp3) is 0.750. The molecule has 0 amide bonds. The quantitative estimate of drug-likeness (QED) is 0.805. The Bertz CT molecular complexity index is 318. The molecule has 1 aromatic rings. The molecule has 16 heavy (non-hydrogen) atoms. The molecule has 0 aromatic carbocycles. The smallest absolute Gasteiger partial charge is 0.0884 e. The second-order valence-electron chi connectivity index (χ2n) is 4.06. The zero-order chi connectivity index (χ0) is 12.2. The summed E-state index contributed by atoms with van der Waals surface area (Å²) in [4.78, 5) is 0. The van der Waals surface area contributed by atoms with Gasteiger partial charge in [-0.05, 0) is 25.8 Å². The molecular formula is C12H23N3O. The minimum Gasteiger partial charge on any atom is -0.373 e. The number of aryl methyl sites for hydroxylation is 1. The Kier molecular flexibility index (Phi) is 4.50. The third-order valence-electron chi connectivity index (χ3n) is 3.37. The first kappa shape index (κ1) is 13.2. The summed E-state index contributed by atoms with van der Waals surface area (Å²) >= 11 is 0. The van der Waals surface area contributed by atoms with Crippen LogP contribution in [0.15, 0.2) is 12.3 Å². The fourth-order valence-corrected chi connectivity index (χ4v) is 2.23. The normalized spacial score (nSPS) is 14.1. The zero-order valence-corrected chi connectivity index (χ0v) is 10.7. The van der Waals surface area contributed by atoms with Crippen LogP contribution in [0.4, 0.5) is 0 Å². The molecule has 0 spiro atoms. The summed E-state index contributed by atoms with van der Waals surface area (Å²) in [6.45, 7) is 6.94. The van der Waals surface area contributed by atoms with Crippen LogP contribution in [0, 0.1) is 0 Å². The van der Waals surface area contributed by atoms with Crippen molar-refractivity contribution in [2.24, 2.45) is 12.8 Å². The Morgan fingerprint density at radius 2 is 2.06 bits per heavy atom. The molecular weight excluding hydrogens is 202 g/mol. The summed E-state index contributed by atoms with van der Waals surface area (Å²) < 4.78 is 7.73. The highest BCUT2D eigenvalue weighted by molar-refractivity contribution is 5.12. The number of nitrogens with two attached hydrogens (primary N) is 1. The van der Waals surface area contributed by atoms with Crippen LogP contribution in [0.3, 0.4) is 0 Å². The van der Waals surface area contributed by atoms with Gasteiger partial charge in [-0.2, -0.15) is 5.10 Å². The third kappa shape index (κ3) is 2.28. The second kappa shape index (κ2) is 5.46. The summed E-state index contributed by atoms with van der Waals surface area (Å²) in [5.41, 5.74) is 7.09. The predicted octanol–water partition coefficient (Wildman–Crippen LogP) is 2.02. The maximum Gasteiger partial charge on any atom is 0.0884 e. The number of rotatable bonds is 6. The molecule has 4 nitrogen and oxygen atoms in total. The van der Waals surface area contributed by atoms with Crippen LogP contribution < -0.4 is 5.73 Å². The highest BCUT2D eigenvalue weighted by Gasteiger charge is 2.36. The van der Waals surface area contributed by atoms with Crippen LogP contribution in [0.1, 0.15) is 45.3 Å². The van der Waals surface area contributed by atoms with Crippen molar-refractivity contribution in [2.75, 3.05) is 6.61 Å². The molecule has 1 atom stereocenters. The summed E-state index contributed by atoms with van der Waals surface area (Å²) in [5.74, 6) is 0. The summed E-state index contributed by atoms with van der Waals surface area (Å²) in [7, 11) is 1.91. The Morgan fingerprint density at radius 1 is 1.44 bits per heavy atom. The van der Waals surface area contributed by atoms with Crippen molar-refractivity contribution in [3.05, 3.63) is 18.0 Å². The predicted molar refractivity (Wildman–Crippen MR) is 65.1 cm³/mol. The number of ether oxygens (including phenoxy) is 1. The first-order valence-corrected chi connectivity index (χ1v) is 5.98. The van der Waals surface area contributed by atoms with Gasteiger partial charge in [-0.25, -0.2) is 0 Å². The molecule has 0 aliphatic heterocycles. The van der Waals surface area contributed by atoms with Gasteiger partial charge in [0.2, 0.25) is 0 Å². The van der Waals surface area contributed by atoms with Crippen molar-refractivity contribution >= 4 is 0 Å². The lowest BCUT2D eigenvalue weighted by molar-refractivity contribution is -0.0660. The van der Waals surface area contributed by atoms with E-state index in [0.29, 0.717) is 6.61 Å². The lowest BCUT2D eigenvalue weighted by Crippen LogP contribution is -2.43. The SMILES string of the molecule is CCOC(CC)(CC)C(N)c1ccnn1C. The molecule has 1 aromatic heterocycles. The van der Waals surface area contributed by atoms with Crippen molar-refractivity contribution in [1.29, 1.82) is 0 Å². The van der Waals surface area contributed by atoms with E-state index < -0.39 is 0 Å². The number of hydrogen-bond donors (Lipinski definition) is 1. The van der Waals surface area contributed by atoms with E-state index in [9.17, 15) is 0 Å². The van der Waals surface area contributed by atoms with Gasteiger partial charge in [-0.3, -0.25) is 4.68 Å². The molecule has 2 N–H and O–H groups in total. The number of nitrogens with zero attached hydrogens (tertiary/aromatic N) is 2. The lowest BCUT2D eigenvalue weighted by atomic mass is 9.86. The van der Waals surface area contributed by atoms with Crippen LogP contribution in [0.25, 0.3) is 0 Å². The average Bonchev–Trinajstić information content (AvgIpc) is 2.71. The van der Waals surface area contributed by atoms with E-state index >= 15 is 0 Å². The van der Waals surface area contributed by atoms with Crippen LogP contribution in [-0.2, 0) is 11.8 Å². The fourth-order valence-electron chi connectivity index (χ4n) is 2.23. The minimum atomic E-state index is -0.275. The molecule has 4 heteroatoms. The Hall–Kier alpha value is -0.870. The van der Waals surface area contributed by atoms with Crippen molar-refractivity contribution in [1.82, 2.24) is 9.78 Å². The molecule has 0 saturated carbocycles. The maximum absolute atomic E-state index is 6.34. The Labute approximate surface area is 97.8 Å². The maximum atomic E-state index is 6.34. The van der Waals surface area contributed by atoms with Gasteiger partial charge in [0.25, 0.3) is 0 Å². The highest BCUT2D eigenvalue weighted by Crippen LogP contribution is 2.33. The average molecular weight is 225 g/mol. The van der Waals surface area contributed by atoms with Crippen LogP contribution in [0.5, 0.6) is 0 Å². The van der Waals surface area contributed by atoms with Gasteiger partial charge in [0.05, 0.1) is 17.3 Å². The minimum absolute atomic E-state index is 0.130. The summed E-state index contributed by atoms with van der Waals surface area (Å²) in [6.07, 6.45) is 3.59. The molecule has 92 valence electrons. The number of hydrogen-bond acceptors (Lipinski definition) is 3. The zero-order valence-electron chi connectivity index (χ0n) is 10.7. The van der Waals surface area contributed by atoms with Gasteiger partial charge >= 0.3 is 0 Å². The van der Waals surface area contributed by atoms with Gasteiger partial charge in [0, 0.05) is 19.9 Å². The first-order chi connectivity index (χ1) is 7.61. The molecule has 0 aliphatic carbocycles. The molecule has 0 bridgehead atoms. The van der Waals surface area contributed by atoms with Crippen LogP contribution in [0.2, 0.25) is 0 Å². The van der Waals surface area contributed by atoms with Gasteiger partial charge < -0.3 is 10.5 Å². The largest absolute Gasteiger partial charge is 0.373 e. The third-order valence-corrected chi connectivity index (χ3v) is 3.37. The van der Waals surface area contributed by atoms with E-state index in [4.69, 9.17) is 10.5 Å². The first-order valence-electron chi connectivity index (χ1n) is 5.98. The van der Waals surface area contributed by atoms with Gasteiger partial charge in [0.1, 0.15) is 0 Å². The monoisotopic (exact) mass is 225 g/mol. The molecule has 1 rings (SSSR count). The van der Waals surface area contributed by atoms with Gasteiger partial charge in [0.15, 0.2) is 0 Å². The van der Waals surface area contributed by atoms with Crippen molar-refractivity contribution in [3.63, 3.8) is 0 Å². The van der Waals surface area contributed by atoms with Gasteiger partial charge in [-0.15, -0.1) is 0 Å². The molecule has 1 unspecified atom stereocenters.